The van der Waals surface area contributed by atoms with E-state index in [1.54, 1.807) is 18.2 Å². The second-order valence-corrected chi connectivity index (χ2v) is 7.92. The molecule has 9 nitrogen and oxygen atoms in total. The number of nitrogens with zero attached hydrogens (tertiary/aromatic N) is 2. The summed E-state index contributed by atoms with van der Waals surface area (Å²) in [4.78, 5) is 27.7. The number of amides is 2. The topological polar surface area (TPSA) is 114 Å². The minimum absolute atomic E-state index is 0.00750. The zero-order valence-electron chi connectivity index (χ0n) is 14.8. The van der Waals surface area contributed by atoms with Crippen LogP contribution in [-0.2, 0) is 19.6 Å². The second-order valence-electron chi connectivity index (χ2n) is 5.44. The van der Waals surface area contributed by atoms with Crippen molar-refractivity contribution >= 4 is 50.6 Å². The zero-order chi connectivity index (χ0) is 20.3. The molecule has 146 valence electrons. The predicted octanol–water partition coefficient (Wildman–Crippen LogP) is 2.81. The molecule has 0 fully saturated rings. The van der Waals surface area contributed by atoms with Gasteiger partial charge in [0.15, 0.2) is 5.17 Å². The van der Waals surface area contributed by atoms with E-state index < -0.39 is 16.2 Å². The highest BCUT2D eigenvalue weighted by molar-refractivity contribution is 8.15. The highest BCUT2D eigenvalue weighted by Gasteiger charge is 2.27. The number of alkyl carbamates (subject to hydrolysis) is 1. The van der Waals surface area contributed by atoms with Gasteiger partial charge in [-0.1, -0.05) is 18.2 Å². The van der Waals surface area contributed by atoms with E-state index >= 15 is 0 Å². The Morgan fingerprint density at radius 2 is 1.86 bits per heavy atom. The molecule has 2 aromatic rings. The number of aliphatic imine (C=N–C) groups is 1. The number of carbonyl (C=O) groups excluding carboxylic acids is 2. The fourth-order valence-corrected chi connectivity index (χ4v) is 4.02. The molecule has 1 N–H and O–H groups in total. The highest BCUT2D eigenvalue weighted by Crippen LogP contribution is 2.41. The quantitative estimate of drug-likeness (QED) is 0.599. The monoisotopic (exact) mass is 421 g/mol. The number of methoxy groups -OCH3 is 1. The Morgan fingerprint density at radius 3 is 2.50 bits per heavy atom. The Kier molecular flexibility index (Phi) is 5.56. The van der Waals surface area contributed by atoms with Crippen molar-refractivity contribution in [3.8, 4) is 5.75 Å². The third-order valence-electron chi connectivity index (χ3n) is 3.48. The lowest BCUT2D eigenvalue weighted by Crippen LogP contribution is -2.34. The van der Waals surface area contributed by atoms with Crippen molar-refractivity contribution in [2.45, 2.75) is 11.8 Å². The van der Waals surface area contributed by atoms with Gasteiger partial charge in [-0.05, 0) is 24.3 Å². The lowest BCUT2D eigenvalue weighted by atomic mass is 10.2. The SMILES string of the molecule is COC(=O)NC1=Nc2ccc(OS(=O)(=O)c3ccccc3)cc2N(C(C)=O)S1. The summed E-state index contributed by atoms with van der Waals surface area (Å²) in [5.41, 5.74) is 0.679. The van der Waals surface area contributed by atoms with Crippen molar-refractivity contribution in [3.05, 3.63) is 48.5 Å². The minimum atomic E-state index is -4.03. The summed E-state index contributed by atoms with van der Waals surface area (Å²) in [7, 11) is -2.82. The molecule has 0 unspecified atom stereocenters. The van der Waals surface area contributed by atoms with Gasteiger partial charge in [-0.3, -0.25) is 10.1 Å². The number of amidine groups is 1. The zero-order valence-corrected chi connectivity index (χ0v) is 16.4. The van der Waals surface area contributed by atoms with Crippen LogP contribution in [0.5, 0.6) is 5.75 Å². The summed E-state index contributed by atoms with van der Waals surface area (Å²) in [5.74, 6) is -0.331. The largest absolute Gasteiger partial charge is 0.453 e. The molecular formula is C17H15N3O6S2. The first-order chi connectivity index (χ1) is 13.3. The molecule has 0 aliphatic carbocycles. The molecule has 0 spiro atoms. The Hall–Kier alpha value is -3.05. The first-order valence-corrected chi connectivity index (χ1v) is 10.0. The lowest BCUT2D eigenvalue weighted by Gasteiger charge is -2.26. The van der Waals surface area contributed by atoms with Crippen LogP contribution in [0.15, 0.2) is 58.4 Å². The van der Waals surface area contributed by atoms with Crippen molar-refractivity contribution in [2.24, 2.45) is 4.99 Å². The number of carbonyl (C=O) groups is 2. The maximum Gasteiger partial charge on any atom is 0.412 e. The minimum Gasteiger partial charge on any atom is -0.453 e. The van der Waals surface area contributed by atoms with Gasteiger partial charge in [0.25, 0.3) is 0 Å². The fourth-order valence-electron chi connectivity index (χ4n) is 2.26. The summed E-state index contributed by atoms with van der Waals surface area (Å²) < 4.78 is 35.7. The van der Waals surface area contributed by atoms with E-state index in [-0.39, 0.29) is 21.7 Å². The van der Waals surface area contributed by atoms with E-state index in [4.69, 9.17) is 4.18 Å². The summed E-state index contributed by atoms with van der Waals surface area (Å²) in [6.07, 6.45) is -0.730. The number of ether oxygens (including phenoxy) is 1. The van der Waals surface area contributed by atoms with Crippen LogP contribution >= 0.6 is 11.9 Å². The van der Waals surface area contributed by atoms with E-state index in [0.29, 0.717) is 11.4 Å². The van der Waals surface area contributed by atoms with Crippen molar-refractivity contribution in [1.82, 2.24) is 5.32 Å². The average molecular weight is 421 g/mol. The Morgan fingerprint density at radius 1 is 1.14 bits per heavy atom. The lowest BCUT2D eigenvalue weighted by molar-refractivity contribution is -0.115. The summed E-state index contributed by atoms with van der Waals surface area (Å²) in [6.45, 7) is 1.33. The molecule has 0 saturated heterocycles. The van der Waals surface area contributed by atoms with Crippen molar-refractivity contribution in [1.29, 1.82) is 0 Å². The van der Waals surface area contributed by atoms with Gasteiger partial charge in [0.1, 0.15) is 10.6 Å². The molecular weight excluding hydrogens is 406 g/mol. The second kappa shape index (κ2) is 7.90. The molecule has 11 heteroatoms. The molecule has 0 atom stereocenters. The fraction of sp³-hybridized carbons (Fsp3) is 0.118. The van der Waals surface area contributed by atoms with Gasteiger partial charge in [0.2, 0.25) is 5.91 Å². The first kappa shape index (κ1) is 19.7. The number of nitrogens with one attached hydrogen (secondary N) is 1. The van der Waals surface area contributed by atoms with Crippen LogP contribution in [0, 0.1) is 0 Å². The summed E-state index contributed by atoms with van der Waals surface area (Å²) in [6, 6.07) is 12.0. The first-order valence-electron chi connectivity index (χ1n) is 7.86. The molecule has 1 aliphatic rings. The summed E-state index contributed by atoms with van der Waals surface area (Å²) >= 11 is 0.866. The Balaban J connectivity index is 1.94. The maximum atomic E-state index is 12.4. The van der Waals surface area contributed by atoms with Crippen LogP contribution < -0.4 is 13.8 Å². The standard InChI is InChI=1S/C17H15N3O6S2/c1-11(21)20-15-10-12(26-28(23,24)13-6-4-3-5-7-13)8-9-14(15)18-16(27-20)19-17(22)25-2/h3-10H,1-2H3,(H,18,19,22). The van der Waals surface area contributed by atoms with Gasteiger partial charge in [0.05, 0.1) is 18.5 Å². The smallest absolute Gasteiger partial charge is 0.412 e. The Bertz CT molecular complexity index is 1050. The molecule has 2 amide bonds. The van der Waals surface area contributed by atoms with Crippen LogP contribution in [0.4, 0.5) is 16.2 Å². The van der Waals surface area contributed by atoms with Gasteiger partial charge in [-0.15, -0.1) is 0 Å². The van der Waals surface area contributed by atoms with E-state index in [1.807, 2.05) is 0 Å². The predicted molar refractivity (Wildman–Crippen MR) is 104 cm³/mol. The molecule has 0 saturated carbocycles. The number of hydrogen-bond donors (Lipinski definition) is 1. The molecule has 1 heterocycles. The summed E-state index contributed by atoms with van der Waals surface area (Å²) in [5, 5.41) is 2.54. The van der Waals surface area contributed by atoms with Crippen molar-refractivity contribution in [3.63, 3.8) is 0 Å². The van der Waals surface area contributed by atoms with Gasteiger partial charge in [0, 0.05) is 24.9 Å². The average Bonchev–Trinajstić information content (AvgIpc) is 2.67. The molecule has 0 aromatic heterocycles. The third-order valence-corrected chi connectivity index (χ3v) is 5.75. The van der Waals surface area contributed by atoms with E-state index in [0.717, 1.165) is 11.9 Å². The maximum absolute atomic E-state index is 12.4. The molecule has 1 aliphatic heterocycles. The van der Waals surface area contributed by atoms with E-state index in [9.17, 15) is 18.0 Å². The number of hydrogen-bond acceptors (Lipinski definition) is 8. The molecule has 2 aromatic carbocycles. The number of benzene rings is 2. The third kappa shape index (κ3) is 4.26. The van der Waals surface area contributed by atoms with Gasteiger partial charge < -0.3 is 8.92 Å². The Labute approximate surface area is 165 Å². The molecule has 0 radical (unpaired) electrons. The van der Waals surface area contributed by atoms with Crippen LogP contribution in [0.1, 0.15) is 6.92 Å². The van der Waals surface area contributed by atoms with Crippen LogP contribution in [0.2, 0.25) is 0 Å². The molecule has 0 bridgehead atoms. The number of rotatable bonds is 3. The van der Waals surface area contributed by atoms with E-state index in [1.165, 1.54) is 48.7 Å². The van der Waals surface area contributed by atoms with E-state index in [2.05, 4.69) is 15.0 Å². The van der Waals surface area contributed by atoms with Crippen molar-refractivity contribution < 1.29 is 26.9 Å². The van der Waals surface area contributed by atoms with Crippen LogP contribution in [0.25, 0.3) is 0 Å². The van der Waals surface area contributed by atoms with Crippen molar-refractivity contribution in [2.75, 3.05) is 11.4 Å². The van der Waals surface area contributed by atoms with Gasteiger partial charge in [-0.25, -0.2) is 14.1 Å². The molecule has 3 rings (SSSR count). The highest BCUT2D eigenvalue weighted by atomic mass is 32.2. The number of anilines is 1. The van der Waals surface area contributed by atoms with Crippen LogP contribution in [-0.4, -0.2) is 32.7 Å². The molecule has 28 heavy (non-hydrogen) atoms. The van der Waals surface area contributed by atoms with Gasteiger partial charge in [-0.2, -0.15) is 8.42 Å². The number of fused-ring (bicyclic) bond motifs is 1. The van der Waals surface area contributed by atoms with Gasteiger partial charge >= 0.3 is 16.2 Å². The normalized spacial score (nSPS) is 13.2. The van der Waals surface area contributed by atoms with Crippen LogP contribution in [0.3, 0.4) is 0 Å².